The molecule has 0 saturated carbocycles. The molecule has 9 nitrogen and oxygen atoms in total. The number of ether oxygens (including phenoxy) is 1. The fraction of sp³-hybridized carbons (Fsp3) is 0.433. The van der Waals surface area contributed by atoms with Crippen LogP contribution in [-0.4, -0.2) is 57.5 Å². The summed E-state index contributed by atoms with van der Waals surface area (Å²) in [5.41, 5.74) is 0.0679. The highest BCUT2D eigenvalue weighted by molar-refractivity contribution is 7.10. The van der Waals surface area contributed by atoms with Crippen molar-refractivity contribution in [3.05, 3.63) is 63.8 Å². The molecule has 1 atom stereocenters. The lowest BCUT2D eigenvalue weighted by Gasteiger charge is -2.22. The molecule has 10 heteroatoms. The number of aliphatic hydroxyl groups is 1. The minimum atomic E-state index is -2.74. The Hall–Kier alpha value is -3.47. The second-order valence-corrected chi connectivity index (χ2v) is 10.9. The average molecular weight is 574 g/mol. The molecule has 1 heterocycles. The summed E-state index contributed by atoms with van der Waals surface area (Å²) in [7, 11) is 2.00. The SMILES string of the molecule is CCCc1ccc2c(OC(CCNC)c3sccc3C(C)C)cccc2c1.O=C(O)CC(O)(CC(=O)O)C(=O)O. The van der Waals surface area contributed by atoms with Crippen molar-refractivity contribution in [3.8, 4) is 5.75 Å². The van der Waals surface area contributed by atoms with Crippen LogP contribution in [0, 0.1) is 0 Å². The second kappa shape index (κ2) is 15.4. The summed E-state index contributed by atoms with van der Waals surface area (Å²) in [6, 6.07) is 15.4. The van der Waals surface area contributed by atoms with E-state index in [4.69, 9.17) is 25.2 Å². The summed E-state index contributed by atoms with van der Waals surface area (Å²) in [4.78, 5) is 31.8. The summed E-state index contributed by atoms with van der Waals surface area (Å²) in [5, 5.41) is 41.8. The van der Waals surface area contributed by atoms with E-state index in [2.05, 4.69) is 73.9 Å². The van der Waals surface area contributed by atoms with E-state index in [0.717, 1.165) is 25.1 Å². The predicted octanol–water partition coefficient (Wildman–Crippen LogP) is 5.46. The highest BCUT2D eigenvalue weighted by Gasteiger charge is 2.40. The van der Waals surface area contributed by atoms with Gasteiger partial charge in [-0.05, 0) is 60.0 Å². The molecule has 0 aliphatic rings. The van der Waals surface area contributed by atoms with Gasteiger partial charge in [0.25, 0.3) is 0 Å². The number of aryl methyl sites for hydroxylation is 1. The molecular formula is C30H39NO8S. The first-order chi connectivity index (χ1) is 18.9. The van der Waals surface area contributed by atoms with E-state index in [0.29, 0.717) is 5.92 Å². The predicted molar refractivity (Wildman–Crippen MR) is 155 cm³/mol. The Bertz CT molecular complexity index is 1270. The average Bonchev–Trinajstić information content (AvgIpc) is 3.36. The number of carbonyl (C=O) groups is 3. The second-order valence-electron chi connectivity index (χ2n) is 9.93. The lowest BCUT2D eigenvalue weighted by molar-refractivity contribution is -0.170. The Morgan fingerprint density at radius 2 is 1.70 bits per heavy atom. The van der Waals surface area contributed by atoms with Gasteiger partial charge in [0.2, 0.25) is 0 Å². The van der Waals surface area contributed by atoms with E-state index in [9.17, 15) is 14.4 Å². The molecule has 2 aromatic carbocycles. The van der Waals surface area contributed by atoms with Crippen molar-refractivity contribution in [2.45, 2.75) is 70.5 Å². The van der Waals surface area contributed by atoms with Crippen molar-refractivity contribution in [2.75, 3.05) is 13.6 Å². The van der Waals surface area contributed by atoms with E-state index in [1.54, 1.807) is 0 Å². The number of rotatable bonds is 14. The van der Waals surface area contributed by atoms with Crippen molar-refractivity contribution in [3.63, 3.8) is 0 Å². The number of benzene rings is 2. The number of fused-ring (bicyclic) bond motifs is 1. The lowest BCUT2D eigenvalue weighted by Crippen LogP contribution is -2.42. The van der Waals surface area contributed by atoms with Crippen LogP contribution in [0.1, 0.15) is 74.5 Å². The summed E-state index contributed by atoms with van der Waals surface area (Å²) >= 11 is 1.82. The van der Waals surface area contributed by atoms with Crippen LogP contribution < -0.4 is 10.1 Å². The fourth-order valence-electron chi connectivity index (χ4n) is 4.31. The smallest absolute Gasteiger partial charge is 0.336 e. The first-order valence-corrected chi connectivity index (χ1v) is 14.1. The number of hydrogen-bond acceptors (Lipinski definition) is 7. The van der Waals surface area contributed by atoms with Crippen LogP contribution in [0.5, 0.6) is 5.75 Å². The third-order valence-electron chi connectivity index (χ3n) is 6.30. The molecule has 0 saturated heterocycles. The topological polar surface area (TPSA) is 153 Å². The molecule has 1 unspecified atom stereocenters. The van der Waals surface area contributed by atoms with Gasteiger partial charge < -0.3 is 30.5 Å². The maximum Gasteiger partial charge on any atom is 0.336 e. The largest absolute Gasteiger partial charge is 0.484 e. The lowest BCUT2D eigenvalue weighted by atomic mass is 9.96. The quantitative estimate of drug-likeness (QED) is 0.169. The van der Waals surface area contributed by atoms with Gasteiger partial charge in [-0.3, -0.25) is 9.59 Å². The van der Waals surface area contributed by atoms with Crippen molar-refractivity contribution < 1.29 is 39.5 Å². The molecule has 0 bridgehead atoms. The number of nitrogens with one attached hydrogen (secondary N) is 1. The molecule has 218 valence electrons. The Morgan fingerprint density at radius 1 is 1.02 bits per heavy atom. The van der Waals surface area contributed by atoms with Gasteiger partial charge in [0.05, 0.1) is 12.8 Å². The van der Waals surface area contributed by atoms with Gasteiger partial charge >= 0.3 is 17.9 Å². The van der Waals surface area contributed by atoms with Crippen molar-refractivity contribution in [1.29, 1.82) is 0 Å². The van der Waals surface area contributed by atoms with Crippen molar-refractivity contribution in [2.24, 2.45) is 0 Å². The Balaban J connectivity index is 0.000000366. The molecule has 0 spiro atoms. The monoisotopic (exact) mass is 573 g/mol. The Kier molecular flexibility index (Phi) is 12.6. The zero-order valence-electron chi connectivity index (χ0n) is 23.3. The van der Waals surface area contributed by atoms with Gasteiger partial charge in [-0.2, -0.15) is 0 Å². The van der Waals surface area contributed by atoms with Gasteiger partial charge in [0.1, 0.15) is 11.9 Å². The normalized spacial score (nSPS) is 12.1. The number of hydrogen-bond donors (Lipinski definition) is 5. The maximum atomic E-state index is 10.3. The maximum absolute atomic E-state index is 10.3. The number of aliphatic carboxylic acids is 3. The van der Waals surface area contributed by atoms with Gasteiger partial charge in [-0.15, -0.1) is 11.3 Å². The van der Waals surface area contributed by atoms with Crippen LogP contribution >= 0.6 is 11.3 Å². The Morgan fingerprint density at radius 3 is 2.25 bits per heavy atom. The van der Waals surface area contributed by atoms with Crippen LogP contribution in [0.4, 0.5) is 0 Å². The molecule has 5 N–H and O–H groups in total. The van der Waals surface area contributed by atoms with E-state index < -0.39 is 36.4 Å². The number of carboxylic acids is 3. The van der Waals surface area contributed by atoms with Crippen LogP contribution in [0.15, 0.2) is 47.8 Å². The highest BCUT2D eigenvalue weighted by atomic mass is 32.1. The van der Waals surface area contributed by atoms with Crippen LogP contribution in [0.3, 0.4) is 0 Å². The van der Waals surface area contributed by atoms with Gasteiger partial charge in [-0.25, -0.2) is 4.79 Å². The van der Waals surface area contributed by atoms with E-state index in [1.165, 1.54) is 33.2 Å². The standard InChI is InChI=1S/C24H31NOS.C6H8O7/c1-5-7-18-10-11-21-19(16-18)8-6-9-22(21)26-23(12-14-25-4)24-20(17(2)3)13-15-27-24;7-3(8)1-6(13,5(11)12)2-4(9)10/h6,8-11,13,15-17,23,25H,5,7,12,14H2,1-4H3;13H,1-2H2,(H,7,8)(H,9,10)(H,11,12). The third-order valence-corrected chi connectivity index (χ3v) is 7.32. The molecule has 3 aromatic rings. The summed E-state index contributed by atoms with van der Waals surface area (Å²) in [6.07, 6.45) is 1.04. The molecule has 0 aliphatic heterocycles. The number of carboxylic acid groups (broad SMARTS) is 3. The van der Waals surface area contributed by atoms with E-state index in [1.807, 2.05) is 18.4 Å². The van der Waals surface area contributed by atoms with Crippen molar-refractivity contribution >= 4 is 40.0 Å². The Labute approximate surface area is 238 Å². The molecular weight excluding hydrogens is 534 g/mol. The van der Waals surface area contributed by atoms with E-state index in [-0.39, 0.29) is 6.10 Å². The van der Waals surface area contributed by atoms with Gasteiger partial charge in [0, 0.05) is 16.7 Å². The summed E-state index contributed by atoms with van der Waals surface area (Å²) in [6.45, 7) is 7.68. The van der Waals surface area contributed by atoms with Crippen molar-refractivity contribution in [1.82, 2.24) is 5.32 Å². The third kappa shape index (κ3) is 9.32. The highest BCUT2D eigenvalue weighted by Crippen LogP contribution is 2.37. The molecule has 3 rings (SSSR count). The first-order valence-electron chi connectivity index (χ1n) is 13.2. The fourth-order valence-corrected chi connectivity index (χ4v) is 5.43. The first kappa shape index (κ1) is 32.7. The van der Waals surface area contributed by atoms with Crippen LogP contribution in [0.25, 0.3) is 10.8 Å². The zero-order valence-corrected chi connectivity index (χ0v) is 24.2. The molecule has 1 aromatic heterocycles. The number of thiophene rings is 1. The van der Waals surface area contributed by atoms with Gasteiger partial charge in [-0.1, -0.05) is 57.5 Å². The molecule has 40 heavy (non-hydrogen) atoms. The molecule has 0 fully saturated rings. The molecule has 0 amide bonds. The minimum Gasteiger partial charge on any atom is -0.484 e. The molecule has 0 radical (unpaired) electrons. The van der Waals surface area contributed by atoms with Gasteiger partial charge in [0.15, 0.2) is 5.60 Å². The van der Waals surface area contributed by atoms with E-state index >= 15 is 0 Å². The minimum absolute atomic E-state index is 0.0794. The summed E-state index contributed by atoms with van der Waals surface area (Å²) < 4.78 is 6.64. The molecule has 0 aliphatic carbocycles. The van der Waals surface area contributed by atoms with Crippen LogP contribution in [0.2, 0.25) is 0 Å². The summed E-state index contributed by atoms with van der Waals surface area (Å²) in [5.74, 6) is -3.52. The zero-order chi connectivity index (χ0) is 29.9. The van der Waals surface area contributed by atoms with Crippen LogP contribution in [-0.2, 0) is 20.8 Å².